The molecule has 0 fully saturated rings. The highest BCUT2D eigenvalue weighted by Crippen LogP contribution is 2.14. The van der Waals surface area contributed by atoms with Crippen LogP contribution in [0.15, 0.2) is 60.8 Å². The van der Waals surface area contributed by atoms with Crippen LogP contribution in [0.25, 0.3) is 0 Å². The molecule has 0 saturated carbocycles. The average molecular weight is 811 g/mol. The first kappa shape index (κ1) is 55.1. The molecule has 0 aromatic heterocycles. The molecule has 1 atom stereocenters. The van der Waals surface area contributed by atoms with Crippen molar-refractivity contribution in [2.24, 2.45) is 0 Å². The lowest BCUT2D eigenvalue weighted by atomic mass is 10.0. The molecule has 0 N–H and O–H groups in total. The summed E-state index contributed by atoms with van der Waals surface area (Å²) in [5.74, 6) is -0.991. The predicted octanol–water partition coefficient (Wildman–Crippen LogP) is 15.7. The van der Waals surface area contributed by atoms with Crippen molar-refractivity contribution in [1.82, 2.24) is 0 Å². The van der Waals surface area contributed by atoms with Crippen LogP contribution in [0.2, 0.25) is 0 Å². The zero-order valence-electron chi connectivity index (χ0n) is 38.0. The van der Waals surface area contributed by atoms with E-state index in [1.165, 1.54) is 116 Å². The van der Waals surface area contributed by atoms with E-state index in [4.69, 9.17) is 14.2 Å². The molecule has 334 valence electrons. The van der Waals surface area contributed by atoms with E-state index in [1.807, 2.05) is 0 Å². The van der Waals surface area contributed by atoms with Gasteiger partial charge in [-0.05, 0) is 77.0 Å². The highest BCUT2D eigenvalue weighted by atomic mass is 16.6. The summed E-state index contributed by atoms with van der Waals surface area (Å²) < 4.78 is 16.6. The largest absolute Gasteiger partial charge is 0.462 e. The monoisotopic (exact) mass is 811 g/mol. The van der Waals surface area contributed by atoms with Crippen LogP contribution in [-0.4, -0.2) is 37.2 Å². The molecule has 0 aliphatic carbocycles. The van der Waals surface area contributed by atoms with Crippen LogP contribution in [0.4, 0.5) is 0 Å². The van der Waals surface area contributed by atoms with Gasteiger partial charge in [0.2, 0.25) is 0 Å². The first-order valence-electron chi connectivity index (χ1n) is 24.3. The highest BCUT2D eigenvalue weighted by Gasteiger charge is 2.19. The zero-order valence-corrected chi connectivity index (χ0v) is 38.0. The van der Waals surface area contributed by atoms with Gasteiger partial charge in [-0.3, -0.25) is 14.4 Å². The summed E-state index contributed by atoms with van der Waals surface area (Å²) in [6.45, 7) is 6.43. The molecule has 6 heteroatoms. The van der Waals surface area contributed by atoms with Crippen molar-refractivity contribution in [2.45, 2.75) is 239 Å². The maximum Gasteiger partial charge on any atom is 0.306 e. The van der Waals surface area contributed by atoms with Crippen molar-refractivity contribution in [3.8, 4) is 0 Å². The standard InChI is InChI=1S/C52H90O6/c1-4-7-10-13-16-19-21-23-25-26-27-29-30-33-36-39-42-45-51(54)57-48-49(47-56-50(53)44-41-38-35-32-18-15-12-9-6-3)58-52(55)46-43-40-37-34-31-28-24-22-20-17-14-11-8-5-2/h9,12,18,23,25,27,29,32-33,36,49H,4-8,10-11,13-17,19-22,24,26,28,30-31,34-35,37-48H2,1-3H3/b12-9-,25-23-,29-27-,32-18-,36-33-. The lowest BCUT2D eigenvalue weighted by molar-refractivity contribution is -0.167. The molecule has 0 bridgehead atoms. The minimum atomic E-state index is -0.803. The van der Waals surface area contributed by atoms with Crippen LogP contribution in [0.3, 0.4) is 0 Å². The van der Waals surface area contributed by atoms with Gasteiger partial charge in [-0.15, -0.1) is 0 Å². The van der Waals surface area contributed by atoms with Crippen LogP contribution in [0.5, 0.6) is 0 Å². The quantitative estimate of drug-likeness (QED) is 0.0264. The Labute approximate surface area is 358 Å². The topological polar surface area (TPSA) is 78.9 Å². The molecule has 58 heavy (non-hydrogen) atoms. The molecule has 0 amide bonds. The number of hydrogen-bond acceptors (Lipinski definition) is 6. The van der Waals surface area contributed by atoms with Crippen molar-refractivity contribution in [2.75, 3.05) is 13.2 Å². The number of carbonyl (C=O) groups excluding carboxylic acids is 3. The Hall–Kier alpha value is -2.89. The molecule has 0 radical (unpaired) electrons. The van der Waals surface area contributed by atoms with Gasteiger partial charge in [0.05, 0.1) is 0 Å². The fourth-order valence-corrected chi connectivity index (χ4v) is 6.61. The third-order valence-electron chi connectivity index (χ3n) is 10.3. The van der Waals surface area contributed by atoms with Gasteiger partial charge in [0.25, 0.3) is 0 Å². The van der Waals surface area contributed by atoms with E-state index in [9.17, 15) is 14.4 Å². The number of unbranched alkanes of at least 4 members (excludes halogenated alkanes) is 22. The Kier molecular flexibility index (Phi) is 44.5. The molecule has 0 heterocycles. The van der Waals surface area contributed by atoms with Gasteiger partial charge in [0, 0.05) is 19.3 Å². The lowest BCUT2D eigenvalue weighted by Gasteiger charge is -2.18. The van der Waals surface area contributed by atoms with Gasteiger partial charge in [0.15, 0.2) is 6.10 Å². The third kappa shape index (κ3) is 44.2. The maximum absolute atomic E-state index is 12.7. The van der Waals surface area contributed by atoms with Crippen LogP contribution < -0.4 is 0 Å². The van der Waals surface area contributed by atoms with Crippen LogP contribution in [0, 0.1) is 0 Å². The van der Waals surface area contributed by atoms with Gasteiger partial charge in [-0.1, -0.05) is 197 Å². The van der Waals surface area contributed by atoms with Gasteiger partial charge in [-0.25, -0.2) is 0 Å². The molecule has 0 rings (SSSR count). The molecular formula is C52H90O6. The average Bonchev–Trinajstić information content (AvgIpc) is 3.22. The normalized spacial score (nSPS) is 12.5. The van der Waals surface area contributed by atoms with E-state index in [0.717, 1.165) is 70.6 Å². The summed E-state index contributed by atoms with van der Waals surface area (Å²) in [4.78, 5) is 37.7. The summed E-state index contributed by atoms with van der Waals surface area (Å²) >= 11 is 0. The summed E-state index contributed by atoms with van der Waals surface area (Å²) in [6.07, 6.45) is 56.5. The third-order valence-corrected chi connectivity index (χ3v) is 10.3. The van der Waals surface area contributed by atoms with Crippen molar-refractivity contribution in [3.05, 3.63) is 60.8 Å². The van der Waals surface area contributed by atoms with Gasteiger partial charge < -0.3 is 14.2 Å². The Morgan fingerprint density at radius 2 is 0.690 bits per heavy atom. The second-order valence-corrected chi connectivity index (χ2v) is 16.0. The fraction of sp³-hybridized carbons (Fsp3) is 0.750. The van der Waals surface area contributed by atoms with Crippen LogP contribution >= 0.6 is 0 Å². The van der Waals surface area contributed by atoms with Gasteiger partial charge in [-0.2, -0.15) is 0 Å². The van der Waals surface area contributed by atoms with Gasteiger partial charge >= 0.3 is 17.9 Å². The van der Waals surface area contributed by atoms with Crippen molar-refractivity contribution in [1.29, 1.82) is 0 Å². The Bertz CT molecular complexity index is 1070. The molecule has 0 aliphatic heterocycles. The Balaban J connectivity index is 4.43. The number of hydrogen-bond donors (Lipinski definition) is 0. The van der Waals surface area contributed by atoms with Crippen molar-refractivity contribution in [3.63, 3.8) is 0 Å². The number of allylic oxidation sites excluding steroid dienone is 10. The van der Waals surface area contributed by atoms with Crippen molar-refractivity contribution >= 4 is 17.9 Å². The number of carbonyl (C=O) groups is 3. The number of esters is 3. The van der Waals surface area contributed by atoms with Crippen molar-refractivity contribution < 1.29 is 28.6 Å². The molecule has 0 aromatic carbocycles. The van der Waals surface area contributed by atoms with Gasteiger partial charge in [0.1, 0.15) is 13.2 Å². The summed E-state index contributed by atoms with van der Waals surface area (Å²) in [7, 11) is 0. The van der Waals surface area contributed by atoms with Crippen LogP contribution in [0.1, 0.15) is 233 Å². The van der Waals surface area contributed by atoms with E-state index in [1.54, 1.807) is 0 Å². The smallest absolute Gasteiger partial charge is 0.306 e. The summed E-state index contributed by atoms with van der Waals surface area (Å²) in [5, 5.41) is 0. The minimum Gasteiger partial charge on any atom is -0.462 e. The molecule has 0 aromatic rings. The Morgan fingerprint density at radius 1 is 0.362 bits per heavy atom. The summed E-state index contributed by atoms with van der Waals surface area (Å²) in [6, 6.07) is 0. The molecular weight excluding hydrogens is 721 g/mol. The molecule has 1 unspecified atom stereocenters. The van der Waals surface area contributed by atoms with E-state index in [-0.39, 0.29) is 37.5 Å². The minimum absolute atomic E-state index is 0.106. The predicted molar refractivity (Wildman–Crippen MR) is 247 cm³/mol. The summed E-state index contributed by atoms with van der Waals surface area (Å²) in [5.41, 5.74) is 0. The first-order valence-corrected chi connectivity index (χ1v) is 24.3. The lowest BCUT2D eigenvalue weighted by Crippen LogP contribution is -2.30. The number of rotatable bonds is 43. The molecule has 6 nitrogen and oxygen atoms in total. The second-order valence-electron chi connectivity index (χ2n) is 16.0. The van der Waals surface area contributed by atoms with E-state index >= 15 is 0 Å². The van der Waals surface area contributed by atoms with E-state index in [2.05, 4.69) is 81.5 Å². The maximum atomic E-state index is 12.7. The molecule has 0 spiro atoms. The zero-order chi connectivity index (χ0) is 42.3. The fourth-order valence-electron chi connectivity index (χ4n) is 6.61. The van der Waals surface area contributed by atoms with Crippen LogP contribution in [-0.2, 0) is 28.6 Å². The van der Waals surface area contributed by atoms with E-state index in [0.29, 0.717) is 19.3 Å². The highest BCUT2D eigenvalue weighted by molar-refractivity contribution is 5.71. The number of ether oxygens (including phenoxy) is 3. The SMILES string of the molecule is CC/C=C\C/C=C\CCCCC(=O)OCC(COC(=O)CCC/C=C\C/C=C\C/C=C\CCCCCCCC)OC(=O)CCCCCCCCCCCCCCCC. The molecule has 0 aliphatic rings. The van der Waals surface area contributed by atoms with E-state index < -0.39 is 6.10 Å². The Morgan fingerprint density at radius 3 is 1.16 bits per heavy atom. The second kappa shape index (κ2) is 46.8. The first-order chi connectivity index (χ1) is 28.5. The molecule has 0 saturated heterocycles.